The van der Waals surface area contributed by atoms with Crippen molar-refractivity contribution in [2.24, 2.45) is 0 Å². The number of aryl methyl sites for hydroxylation is 2. The predicted octanol–water partition coefficient (Wildman–Crippen LogP) is 13.0. The molecule has 2 aromatic carbocycles. The van der Waals surface area contributed by atoms with Gasteiger partial charge in [0.05, 0.1) is 148 Å². The van der Waals surface area contributed by atoms with Crippen LogP contribution in [0.5, 0.6) is 17.6 Å². The molecule has 5 atom stereocenters. The van der Waals surface area contributed by atoms with Gasteiger partial charge in [-0.1, -0.05) is 100 Å². The van der Waals surface area contributed by atoms with Crippen molar-refractivity contribution in [3.8, 4) is 28.9 Å². The van der Waals surface area contributed by atoms with Crippen molar-refractivity contribution in [3.63, 3.8) is 0 Å². The Labute approximate surface area is 832 Å². The Hall–Kier alpha value is -8.01. The minimum absolute atomic E-state index is 0. The molecule has 724 valence electrons. The fourth-order valence-electron chi connectivity index (χ4n) is 13.2. The molecule has 32 nitrogen and oxygen atoms in total. The molecule has 6 fully saturated rings. The first-order valence-corrected chi connectivity index (χ1v) is 45.1. The molecule has 6 aliphatic rings. The van der Waals surface area contributed by atoms with E-state index in [9.17, 15) is 35.9 Å². The zero-order valence-electron chi connectivity index (χ0n) is 77.1. The maximum Gasteiger partial charge on any atom is 1.00 e. The number of hydrogen-bond donors (Lipinski definition) is 3. The Bertz CT molecular complexity index is 5160. The molecule has 6 saturated heterocycles. The van der Waals surface area contributed by atoms with E-state index < -0.39 is 53.6 Å². The molecule has 134 heavy (non-hydrogen) atoms. The molecule has 3 N–H and O–H groups in total. The zero-order chi connectivity index (χ0) is 97.5. The Morgan fingerprint density at radius 1 is 0.485 bits per heavy atom. The van der Waals surface area contributed by atoms with Crippen molar-refractivity contribution < 1.29 is 118 Å². The van der Waals surface area contributed by atoms with Gasteiger partial charge >= 0.3 is 49.0 Å². The molecule has 47 heteroatoms. The van der Waals surface area contributed by atoms with Gasteiger partial charge in [0.25, 0.3) is 29.5 Å². The molecule has 0 aliphatic carbocycles. The Morgan fingerprint density at radius 2 is 0.851 bits per heavy atom. The van der Waals surface area contributed by atoms with Crippen molar-refractivity contribution in [1.29, 1.82) is 0 Å². The monoisotopic (exact) mass is 2020 g/mol. The van der Waals surface area contributed by atoms with E-state index in [2.05, 4.69) is 124 Å². The normalized spacial score (nSPS) is 18.3. The van der Waals surface area contributed by atoms with Crippen molar-refractivity contribution in [3.05, 3.63) is 173 Å². The number of aromatic nitrogens is 12. The third-order valence-electron chi connectivity index (χ3n) is 20.6. The maximum absolute atomic E-state index is 13.0. The summed E-state index contributed by atoms with van der Waals surface area (Å²) in [5.74, 6) is 0.130. The van der Waals surface area contributed by atoms with Crippen LogP contribution in [0, 0.1) is 13.8 Å². The summed E-state index contributed by atoms with van der Waals surface area (Å²) in [4.78, 5) is 42.4. The van der Waals surface area contributed by atoms with Gasteiger partial charge in [0.2, 0.25) is 0 Å². The summed E-state index contributed by atoms with van der Waals surface area (Å²) in [5, 5.41) is 58.2. The van der Waals surface area contributed by atoms with Crippen molar-refractivity contribution in [1.82, 2.24) is 66.3 Å². The number of nitrogens with one attached hydrogen (secondary N) is 3. The molecule has 0 saturated carbocycles. The second kappa shape index (κ2) is 54.4. The van der Waals surface area contributed by atoms with Crippen LogP contribution in [-0.2, 0) is 45.3 Å². The van der Waals surface area contributed by atoms with Gasteiger partial charge in [-0.3, -0.25) is 19.6 Å². The van der Waals surface area contributed by atoms with Gasteiger partial charge in [-0.05, 0) is 158 Å². The van der Waals surface area contributed by atoms with Gasteiger partial charge in [0.15, 0.2) is 30.9 Å². The first-order chi connectivity index (χ1) is 63.1. The number of halogens is 13. The maximum atomic E-state index is 13.0. The molecular weight excluding hydrogens is 1920 g/mol. The van der Waals surface area contributed by atoms with E-state index in [0.717, 1.165) is 86.4 Å². The quantitative estimate of drug-likeness (QED) is 0.0597. The number of amides is 2. The van der Waals surface area contributed by atoms with E-state index in [0.29, 0.717) is 168 Å². The standard InChI is InChI=1S/C25H26F3N5O3.C20H22BF3N2O3.2C11H16ClN3O2.C9H11Cl2N3O.C5H11NO.C4HCl3N2.C2H5O.Na/c1-4-36-24-22(33-8-9-35-14-15(33)2)12-21(31-32-24)20-11-19(13-29-16(20)3)30-23(34)17-6-5-7-18(10-17)25(26,27)28;1-12-16(21-28-18(2,3)19(4,5)29-21)10-15(11-25-12)26-17(27)13-7-6-8-14(9-13)20(22,23)24;2*1-3-17-11-9(6-10(12)13-14-11)15-4-5-16-7-8(15)2;1-6-5-15-3-2-14(6)7-4-8(10)12-13-9(7)11;1-5-4-7-3-2-6-5;5-2-1-3(6)8-9-4(2)7;1-2-3;/h5-7,10-13,15H,4,8-9,14H2,1-3H3,(H,30,34);6-11H,1-5H3,(H,26,27);2*6,8H,3-5,7H2,1-2H3;4,6H,2-3,5H2,1H3;5-6H,2-4H2,1H3;1H;2H2,1H3;/q;;;;;;;-1;+1/t15-;;2*8-;6-;5-;;;/m1.1111.../s1. The van der Waals surface area contributed by atoms with Gasteiger partial charge in [-0.15, -0.1) is 57.6 Å². The molecule has 0 radical (unpaired) electrons. The summed E-state index contributed by atoms with van der Waals surface area (Å²) in [7, 11) is -0.669. The minimum Gasteiger partial charge on any atom is -0.855 e. The number of anilines is 6. The number of pyridine rings is 2. The van der Waals surface area contributed by atoms with Crippen LogP contribution in [0.15, 0.2) is 103 Å². The van der Waals surface area contributed by atoms with Crippen LogP contribution in [0.3, 0.4) is 0 Å². The summed E-state index contributed by atoms with van der Waals surface area (Å²) in [6.07, 6.45) is -6.19. The van der Waals surface area contributed by atoms with Crippen LogP contribution in [0.1, 0.15) is 133 Å². The van der Waals surface area contributed by atoms with Crippen molar-refractivity contribution in [2.45, 2.75) is 158 Å². The van der Waals surface area contributed by atoms with Gasteiger partial charge in [-0.25, -0.2) is 0 Å². The molecule has 0 spiro atoms. The molecular formula is C87H108BCl7F6N19NaO13. The van der Waals surface area contributed by atoms with Crippen molar-refractivity contribution in [2.75, 3.05) is 155 Å². The smallest absolute Gasteiger partial charge is 0.855 e. The third kappa shape index (κ3) is 34.0. The second-order valence-corrected chi connectivity index (χ2v) is 33.9. The molecule has 15 rings (SSSR count). The summed E-state index contributed by atoms with van der Waals surface area (Å²) < 4.78 is 133. The predicted molar refractivity (Wildman–Crippen MR) is 500 cm³/mol. The van der Waals surface area contributed by atoms with E-state index in [-0.39, 0.29) is 81.8 Å². The van der Waals surface area contributed by atoms with Crippen LogP contribution in [0.25, 0.3) is 11.3 Å². The van der Waals surface area contributed by atoms with E-state index in [1.54, 1.807) is 51.1 Å². The van der Waals surface area contributed by atoms with E-state index in [4.69, 9.17) is 134 Å². The number of hydrogen-bond acceptors (Lipinski definition) is 30. The summed E-state index contributed by atoms with van der Waals surface area (Å²) in [5.41, 5.74) is 4.06. The molecule has 0 unspecified atom stereocenters. The summed E-state index contributed by atoms with van der Waals surface area (Å²) >= 11 is 39.9. The minimum atomic E-state index is -4.54. The van der Waals surface area contributed by atoms with Gasteiger partial charge in [0.1, 0.15) is 17.1 Å². The van der Waals surface area contributed by atoms with Crippen LogP contribution < -0.4 is 89.9 Å². The van der Waals surface area contributed by atoms with Gasteiger partial charge in [-0.2, -0.15) is 26.3 Å². The van der Waals surface area contributed by atoms with Crippen LogP contribution >= 0.6 is 81.2 Å². The number of nitrogens with zero attached hydrogens (tertiary/aromatic N) is 16. The van der Waals surface area contributed by atoms with E-state index >= 15 is 0 Å². The average molecular weight is 2020 g/mol. The first kappa shape index (κ1) is 113. The largest absolute Gasteiger partial charge is 1.00 e. The number of rotatable bonds is 16. The fourth-order valence-corrected chi connectivity index (χ4v) is 14.3. The third-order valence-corrected chi connectivity index (χ3v) is 22.3. The summed E-state index contributed by atoms with van der Waals surface area (Å²) in [6.45, 7) is 41.7. The molecule has 9 aromatic rings. The first-order valence-electron chi connectivity index (χ1n) is 42.5. The van der Waals surface area contributed by atoms with Gasteiger partial charge in [0, 0.05) is 115 Å². The number of carbonyl (C=O) groups excluding carboxylic acids is 2. The SMILES string of the molecule is CCOc1nnc(-c2cc(NC(=O)c3cccc(C(F)(F)F)c3)cnc2C)cc1N1CCOC[C@H]1C.CCOc1nnc(Cl)cc1N1CCOC[C@H]1C.CCOc1nnc(Cl)cc1N1CCOC[C@H]1C.CC[O-].C[C@@H]1COCCN1.C[C@@H]1COCCN1c1cc(Cl)nnc1Cl.Cc1ncc(NC(=O)c2cccc(C(F)(F)F)c2)cc1B1OC(C)(C)C(C)(C)O1.Clc1cc(Cl)c(Cl)nn1.[Na+]. The number of morpholine rings is 5. The topological polar surface area (TPSA) is 353 Å². The molecule has 6 aliphatic heterocycles. The number of alkyl halides is 6. The Morgan fingerprint density at radius 3 is 1.22 bits per heavy atom. The van der Waals surface area contributed by atoms with E-state index in [1.807, 2.05) is 61.5 Å². The van der Waals surface area contributed by atoms with Gasteiger partial charge < -0.3 is 87.9 Å². The molecule has 7 aromatic heterocycles. The Balaban J connectivity index is 0.000000224. The second-order valence-electron chi connectivity index (χ2n) is 31.2. The van der Waals surface area contributed by atoms with Crippen LogP contribution in [0.2, 0.25) is 35.9 Å². The summed E-state index contributed by atoms with van der Waals surface area (Å²) in [6, 6.07) is 21.9. The molecule has 2 amide bonds. The molecule has 0 bridgehead atoms. The van der Waals surface area contributed by atoms with E-state index in [1.165, 1.54) is 42.7 Å². The van der Waals surface area contributed by atoms with Crippen LogP contribution in [-0.4, -0.2) is 247 Å². The molecule has 13 heterocycles. The fraction of sp³-hybridized carbons (Fsp3) is 0.494. The Kier molecular flexibility index (Phi) is 45.8. The zero-order valence-corrected chi connectivity index (χ0v) is 84.4. The number of carbonyl (C=O) groups is 2. The van der Waals surface area contributed by atoms with Crippen molar-refractivity contribution >= 4 is 140 Å². The average Bonchev–Trinajstić information content (AvgIpc) is 1.61. The number of benzene rings is 2. The van der Waals surface area contributed by atoms with Crippen LogP contribution in [0.4, 0.5) is 60.5 Å². The number of ether oxygens (including phenoxy) is 8.